The minimum Gasteiger partial charge on any atom is -0.493 e. The van der Waals surface area contributed by atoms with Crippen LogP contribution in [-0.2, 0) is 20.9 Å². The Morgan fingerprint density at radius 3 is 2.28 bits per heavy atom. The molecule has 2 N–H and O–H groups in total. The van der Waals surface area contributed by atoms with Crippen LogP contribution in [0.4, 0.5) is 5.69 Å². The molecule has 0 radical (unpaired) electrons. The molecule has 1 atom stereocenters. The number of aromatic nitrogens is 3. The van der Waals surface area contributed by atoms with Crippen LogP contribution in [0, 0.1) is 5.92 Å². The van der Waals surface area contributed by atoms with Crippen LogP contribution in [0.2, 0.25) is 0 Å². The zero-order valence-electron chi connectivity index (χ0n) is 22.0. The number of thioether (sulfide) groups is 1. The predicted octanol–water partition coefficient (Wildman–Crippen LogP) is 3.12. The molecule has 2 heterocycles. The zero-order chi connectivity index (χ0) is 28.1. The van der Waals surface area contributed by atoms with Crippen molar-refractivity contribution in [3.05, 3.63) is 48.3 Å². The molecule has 1 unspecified atom stereocenters. The molecular weight excluding hydrogens is 524 g/mol. The number of carbonyl (C=O) groups excluding carboxylic acids is 3. The lowest BCUT2D eigenvalue weighted by atomic mass is 10.0. The highest BCUT2D eigenvalue weighted by atomic mass is 32.2. The SMILES string of the molecule is COc1cc(CN2C(=O)C(C(=O)Nc3ccc(-c4ncn[nH]4)cc3)C(=O)N=C2SC(C)C)cc(OC)c1OC. The maximum Gasteiger partial charge on any atom is 0.270 e. The molecule has 13 heteroatoms. The molecule has 0 fully saturated rings. The minimum atomic E-state index is -1.64. The van der Waals surface area contributed by atoms with E-state index >= 15 is 0 Å². The highest BCUT2D eigenvalue weighted by Gasteiger charge is 2.43. The molecule has 4 rings (SSSR count). The van der Waals surface area contributed by atoms with E-state index in [4.69, 9.17) is 14.2 Å². The fraction of sp³-hybridized carbons (Fsp3) is 0.308. The van der Waals surface area contributed by atoms with Gasteiger partial charge in [0.1, 0.15) is 6.33 Å². The van der Waals surface area contributed by atoms with Gasteiger partial charge >= 0.3 is 0 Å². The van der Waals surface area contributed by atoms with Crippen molar-refractivity contribution in [1.82, 2.24) is 20.1 Å². The Kier molecular flexibility index (Phi) is 8.49. The summed E-state index contributed by atoms with van der Waals surface area (Å²) in [6, 6.07) is 10.1. The Hall–Kier alpha value is -4.39. The highest BCUT2D eigenvalue weighted by Crippen LogP contribution is 2.39. The number of hydrogen-bond acceptors (Lipinski definition) is 9. The second-order valence-corrected chi connectivity index (χ2v) is 10.2. The van der Waals surface area contributed by atoms with Crippen molar-refractivity contribution in [2.24, 2.45) is 10.9 Å². The van der Waals surface area contributed by atoms with Crippen LogP contribution in [0.1, 0.15) is 19.4 Å². The van der Waals surface area contributed by atoms with Crippen molar-refractivity contribution >= 4 is 40.3 Å². The van der Waals surface area contributed by atoms with Crippen molar-refractivity contribution in [2.45, 2.75) is 25.6 Å². The van der Waals surface area contributed by atoms with Crippen LogP contribution in [0.15, 0.2) is 47.7 Å². The molecule has 0 spiro atoms. The summed E-state index contributed by atoms with van der Waals surface area (Å²) >= 11 is 1.26. The molecule has 2 aromatic carbocycles. The van der Waals surface area contributed by atoms with Crippen molar-refractivity contribution in [3.63, 3.8) is 0 Å². The third-order valence-corrected chi connectivity index (χ3v) is 6.70. The summed E-state index contributed by atoms with van der Waals surface area (Å²) < 4.78 is 16.2. The first-order valence-corrected chi connectivity index (χ1v) is 12.8. The van der Waals surface area contributed by atoms with Crippen LogP contribution in [0.25, 0.3) is 11.4 Å². The van der Waals surface area contributed by atoms with Crippen molar-refractivity contribution in [2.75, 3.05) is 26.6 Å². The third kappa shape index (κ3) is 6.03. The van der Waals surface area contributed by atoms with Gasteiger partial charge in [0.25, 0.3) is 11.8 Å². The number of rotatable bonds is 9. The fourth-order valence-electron chi connectivity index (χ4n) is 3.93. The third-order valence-electron chi connectivity index (χ3n) is 5.71. The van der Waals surface area contributed by atoms with Crippen molar-refractivity contribution in [1.29, 1.82) is 0 Å². The Balaban J connectivity index is 1.60. The lowest BCUT2D eigenvalue weighted by molar-refractivity contribution is -0.144. The molecule has 0 aliphatic carbocycles. The molecule has 3 amide bonds. The molecule has 0 saturated carbocycles. The van der Waals surface area contributed by atoms with E-state index < -0.39 is 23.6 Å². The largest absolute Gasteiger partial charge is 0.493 e. The summed E-state index contributed by atoms with van der Waals surface area (Å²) in [7, 11) is 4.48. The standard InChI is InChI=1S/C26H28N6O6S/c1-14(2)39-26-30-24(34)20(23(33)29-17-8-6-16(7-9-17)22-27-13-28-31-22)25(35)32(26)12-15-10-18(36-3)21(38-5)19(11-15)37-4/h6-11,13-14,20H,12H2,1-5H3,(H,29,33)(H,27,28,31). The Morgan fingerprint density at radius 1 is 1.08 bits per heavy atom. The second-order valence-electron chi connectivity index (χ2n) is 8.69. The van der Waals surface area contributed by atoms with Gasteiger partial charge in [-0.2, -0.15) is 10.1 Å². The first-order chi connectivity index (χ1) is 18.7. The molecular formula is C26H28N6O6S. The van der Waals surface area contributed by atoms with E-state index in [0.717, 1.165) is 5.56 Å². The number of nitrogens with one attached hydrogen (secondary N) is 2. The van der Waals surface area contributed by atoms with Crippen LogP contribution in [0.3, 0.4) is 0 Å². The number of anilines is 1. The van der Waals surface area contributed by atoms with Crippen LogP contribution in [-0.4, -0.2) is 69.5 Å². The van der Waals surface area contributed by atoms with E-state index in [1.54, 1.807) is 36.4 Å². The maximum atomic E-state index is 13.6. The highest BCUT2D eigenvalue weighted by molar-refractivity contribution is 8.14. The molecule has 0 bridgehead atoms. The molecule has 12 nitrogen and oxygen atoms in total. The van der Waals surface area contributed by atoms with Gasteiger partial charge in [-0.25, -0.2) is 4.98 Å². The average molecular weight is 553 g/mol. The summed E-state index contributed by atoms with van der Waals surface area (Å²) in [4.78, 5) is 49.3. The first kappa shape index (κ1) is 27.6. The number of amidine groups is 1. The smallest absolute Gasteiger partial charge is 0.270 e. The lowest BCUT2D eigenvalue weighted by Crippen LogP contribution is -2.50. The second kappa shape index (κ2) is 12.0. The Morgan fingerprint density at radius 2 is 1.74 bits per heavy atom. The number of hydrogen-bond donors (Lipinski definition) is 2. The van der Waals surface area contributed by atoms with Crippen molar-refractivity contribution < 1.29 is 28.6 Å². The number of H-pyrrole nitrogens is 1. The van der Waals surface area contributed by atoms with E-state index in [0.29, 0.717) is 34.3 Å². The number of ether oxygens (including phenoxy) is 3. The quantitative estimate of drug-likeness (QED) is 0.382. The van der Waals surface area contributed by atoms with Gasteiger partial charge in [0.05, 0.1) is 27.9 Å². The number of nitrogens with zero attached hydrogens (tertiary/aromatic N) is 4. The maximum absolute atomic E-state index is 13.6. The number of aromatic amines is 1. The van der Waals surface area contributed by atoms with Gasteiger partial charge < -0.3 is 19.5 Å². The molecule has 1 aromatic heterocycles. The van der Waals surface area contributed by atoms with Gasteiger partial charge in [-0.15, -0.1) is 0 Å². The van der Waals surface area contributed by atoms with Gasteiger partial charge in [0.15, 0.2) is 28.4 Å². The molecule has 3 aromatic rings. The summed E-state index contributed by atoms with van der Waals surface area (Å²) in [5.74, 6) is -2.13. The van der Waals surface area contributed by atoms with Crippen LogP contribution in [0.5, 0.6) is 17.2 Å². The number of carbonyl (C=O) groups is 3. The van der Waals surface area contributed by atoms with E-state index in [9.17, 15) is 14.4 Å². The van der Waals surface area contributed by atoms with Crippen LogP contribution >= 0.6 is 11.8 Å². The molecule has 204 valence electrons. The van der Waals surface area contributed by atoms with E-state index in [2.05, 4.69) is 25.5 Å². The molecule has 1 aliphatic heterocycles. The van der Waals surface area contributed by atoms with E-state index in [-0.39, 0.29) is 17.0 Å². The predicted molar refractivity (Wildman–Crippen MR) is 146 cm³/mol. The first-order valence-electron chi connectivity index (χ1n) is 11.9. The Bertz CT molecular complexity index is 1370. The summed E-state index contributed by atoms with van der Waals surface area (Å²) in [5, 5.41) is 9.47. The number of aliphatic imine (C=N–C) groups is 1. The van der Waals surface area contributed by atoms with Gasteiger partial charge in [-0.05, 0) is 42.0 Å². The minimum absolute atomic E-state index is 0.0248. The summed E-state index contributed by atoms with van der Waals surface area (Å²) in [5.41, 5.74) is 1.80. The fourth-order valence-corrected chi connectivity index (χ4v) is 4.77. The van der Waals surface area contributed by atoms with E-state index in [1.165, 1.54) is 44.3 Å². The van der Waals surface area contributed by atoms with E-state index in [1.807, 2.05) is 13.8 Å². The molecule has 0 saturated heterocycles. The lowest BCUT2D eigenvalue weighted by Gasteiger charge is -2.31. The Labute approximate surface area is 229 Å². The van der Waals surface area contributed by atoms with Gasteiger partial charge in [0, 0.05) is 16.5 Å². The van der Waals surface area contributed by atoms with Gasteiger partial charge in [-0.3, -0.25) is 24.4 Å². The summed E-state index contributed by atoms with van der Waals surface area (Å²) in [6.45, 7) is 3.86. The van der Waals surface area contributed by atoms with Crippen molar-refractivity contribution in [3.8, 4) is 28.6 Å². The van der Waals surface area contributed by atoms with Gasteiger partial charge in [0.2, 0.25) is 11.7 Å². The number of amides is 3. The number of benzene rings is 2. The van der Waals surface area contributed by atoms with Gasteiger partial charge in [-0.1, -0.05) is 25.6 Å². The average Bonchev–Trinajstić information content (AvgIpc) is 3.45. The van der Waals surface area contributed by atoms with Crippen LogP contribution < -0.4 is 19.5 Å². The number of methoxy groups -OCH3 is 3. The topological polar surface area (TPSA) is 148 Å². The molecule has 1 aliphatic rings. The molecule has 39 heavy (non-hydrogen) atoms. The monoisotopic (exact) mass is 552 g/mol. The normalized spacial score (nSPS) is 15.3. The zero-order valence-corrected chi connectivity index (χ0v) is 22.9. The summed E-state index contributed by atoms with van der Waals surface area (Å²) in [6.07, 6.45) is 1.39.